The van der Waals surface area contributed by atoms with Gasteiger partial charge in [0.1, 0.15) is 0 Å². The van der Waals surface area contributed by atoms with Gasteiger partial charge in [0, 0.05) is 13.7 Å². The van der Waals surface area contributed by atoms with Crippen molar-refractivity contribution < 1.29 is 0 Å². The second-order valence-electron chi connectivity index (χ2n) is 2.99. The van der Waals surface area contributed by atoms with Crippen molar-refractivity contribution in [2.45, 2.75) is 13.8 Å². The summed E-state index contributed by atoms with van der Waals surface area (Å²) >= 11 is 4.26. The average Bonchev–Trinajstić information content (AvgIpc) is 2.41. The van der Waals surface area contributed by atoms with Crippen LogP contribution in [0.3, 0.4) is 0 Å². The van der Waals surface area contributed by atoms with Crippen LogP contribution >= 0.6 is 33.9 Å². The lowest BCUT2D eigenvalue weighted by Gasteiger charge is -1.99. The SMILES string of the molecule is Cc1ccc2scc(C)c2c1I. The molecule has 2 rings (SSSR count). The number of benzene rings is 1. The van der Waals surface area contributed by atoms with E-state index in [-0.39, 0.29) is 0 Å². The van der Waals surface area contributed by atoms with Gasteiger partial charge >= 0.3 is 0 Å². The van der Waals surface area contributed by atoms with E-state index in [1.165, 1.54) is 24.8 Å². The van der Waals surface area contributed by atoms with Crippen LogP contribution in [0, 0.1) is 17.4 Å². The lowest BCUT2D eigenvalue weighted by molar-refractivity contribution is 1.46. The molecule has 62 valence electrons. The van der Waals surface area contributed by atoms with Gasteiger partial charge in [0.2, 0.25) is 0 Å². The van der Waals surface area contributed by atoms with E-state index in [1.807, 2.05) is 11.3 Å². The average molecular weight is 288 g/mol. The second-order valence-corrected chi connectivity index (χ2v) is 4.98. The lowest BCUT2D eigenvalue weighted by atomic mass is 10.1. The van der Waals surface area contributed by atoms with Gasteiger partial charge in [-0.25, -0.2) is 0 Å². The minimum atomic E-state index is 1.38. The van der Waals surface area contributed by atoms with E-state index >= 15 is 0 Å². The molecule has 0 aliphatic heterocycles. The van der Waals surface area contributed by atoms with Gasteiger partial charge in [-0.2, -0.15) is 0 Å². The first-order valence-electron chi connectivity index (χ1n) is 3.83. The number of aryl methyl sites for hydroxylation is 2. The van der Waals surface area contributed by atoms with Crippen molar-refractivity contribution in [1.82, 2.24) is 0 Å². The molecule has 0 radical (unpaired) electrons. The summed E-state index contributed by atoms with van der Waals surface area (Å²) in [4.78, 5) is 0. The minimum Gasteiger partial charge on any atom is -0.143 e. The molecule has 0 amide bonds. The van der Waals surface area contributed by atoms with E-state index in [2.05, 4.69) is 54.0 Å². The molecule has 1 aromatic heterocycles. The highest BCUT2D eigenvalue weighted by atomic mass is 127. The fourth-order valence-corrected chi connectivity index (χ4v) is 3.37. The Labute approximate surface area is 89.7 Å². The number of hydrogen-bond acceptors (Lipinski definition) is 1. The van der Waals surface area contributed by atoms with Crippen molar-refractivity contribution >= 4 is 44.0 Å². The quantitative estimate of drug-likeness (QED) is 0.640. The normalized spacial score (nSPS) is 10.9. The molecule has 0 unspecified atom stereocenters. The van der Waals surface area contributed by atoms with Crippen LogP contribution in [0.15, 0.2) is 17.5 Å². The standard InChI is InChI=1S/C10H9IS/c1-6-3-4-8-9(10(6)11)7(2)5-12-8/h3-5H,1-2H3. The third-order valence-corrected chi connectivity index (χ3v) is 4.51. The number of hydrogen-bond donors (Lipinski definition) is 0. The zero-order chi connectivity index (χ0) is 8.72. The van der Waals surface area contributed by atoms with Gasteiger partial charge in [0.15, 0.2) is 0 Å². The largest absolute Gasteiger partial charge is 0.143 e. The Morgan fingerprint density at radius 1 is 1.17 bits per heavy atom. The fraction of sp³-hybridized carbons (Fsp3) is 0.200. The molecular formula is C10H9IS. The maximum absolute atomic E-state index is 2.43. The summed E-state index contributed by atoms with van der Waals surface area (Å²) in [6.07, 6.45) is 0. The van der Waals surface area contributed by atoms with Crippen LogP contribution in [0.5, 0.6) is 0 Å². The van der Waals surface area contributed by atoms with Crippen LogP contribution in [-0.2, 0) is 0 Å². The van der Waals surface area contributed by atoms with Crippen molar-refractivity contribution in [2.75, 3.05) is 0 Å². The Kier molecular flexibility index (Phi) is 2.12. The maximum atomic E-state index is 2.43. The Bertz CT molecular complexity index is 429. The van der Waals surface area contributed by atoms with Crippen LogP contribution in [0.25, 0.3) is 10.1 Å². The molecule has 0 atom stereocenters. The first-order valence-corrected chi connectivity index (χ1v) is 5.79. The number of fused-ring (bicyclic) bond motifs is 1. The Morgan fingerprint density at radius 2 is 1.92 bits per heavy atom. The molecule has 0 aliphatic rings. The van der Waals surface area contributed by atoms with Gasteiger partial charge in [0.05, 0.1) is 0 Å². The molecule has 0 spiro atoms. The summed E-state index contributed by atoms with van der Waals surface area (Å²) in [6, 6.07) is 4.41. The summed E-state index contributed by atoms with van der Waals surface area (Å²) in [5.41, 5.74) is 2.78. The Hall–Kier alpha value is -0.0900. The molecule has 0 nitrogen and oxygen atoms in total. The van der Waals surface area contributed by atoms with Crippen molar-refractivity contribution in [3.63, 3.8) is 0 Å². The summed E-state index contributed by atoms with van der Waals surface area (Å²) < 4.78 is 2.81. The highest BCUT2D eigenvalue weighted by Gasteiger charge is 2.05. The van der Waals surface area contributed by atoms with Gasteiger partial charge in [-0.15, -0.1) is 11.3 Å². The number of halogens is 1. The molecule has 12 heavy (non-hydrogen) atoms. The van der Waals surface area contributed by atoms with E-state index < -0.39 is 0 Å². The summed E-state index contributed by atoms with van der Waals surface area (Å²) in [5.74, 6) is 0. The van der Waals surface area contributed by atoms with Gasteiger partial charge in [-0.3, -0.25) is 0 Å². The molecule has 0 aliphatic carbocycles. The Balaban J connectivity index is 2.96. The topological polar surface area (TPSA) is 0 Å². The van der Waals surface area contributed by atoms with Crippen LogP contribution in [0.1, 0.15) is 11.1 Å². The van der Waals surface area contributed by atoms with Crippen molar-refractivity contribution in [3.05, 3.63) is 32.2 Å². The molecular weight excluding hydrogens is 279 g/mol. The zero-order valence-corrected chi connectivity index (χ0v) is 9.99. The third kappa shape index (κ3) is 1.17. The smallest absolute Gasteiger partial charge is 0.0356 e. The molecule has 2 aromatic rings. The highest BCUT2D eigenvalue weighted by molar-refractivity contribution is 14.1. The molecule has 0 saturated carbocycles. The van der Waals surface area contributed by atoms with Gasteiger partial charge < -0.3 is 0 Å². The number of rotatable bonds is 0. The molecule has 0 saturated heterocycles. The monoisotopic (exact) mass is 288 g/mol. The third-order valence-electron chi connectivity index (χ3n) is 2.05. The predicted molar refractivity (Wildman–Crippen MR) is 64.0 cm³/mol. The molecule has 0 bridgehead atoms. The van der Waals surface area contributed by atoms with E-state index in [0.717, 1.165) is 0 Å². The van der Waals surface area contributed by atoms with Crippen molar-refractivity contribution in [3.8, 4) is 0 Å². The summed E-state index contributed by atoms with van der Waals surface area (Å²) in [5, 5.41) is 3.67. The van der Waals surface area contributed by atoms with Crippen LogP contribution in [0.4, 0.5) is 0 Å². The molecule has 1 heterocycles. The van der Waals surface area contributed by atoms with Crippen LogP contribution in [-0.4, -0.2) is 0 Å². The van der Waals surface area contributed by atoms with Crippen LogP contribution in [0.2, 0.25) is 0 Å². The van der Waals surface area contributed by atoms with E-state index in [0.29, 0.717) is 0 Å². The predicted octanol–water partition coefficient (Wildman–Crippen LogP) is 4.12. The van der Waals surface area contributed by atoms with Crippen molar-refractivity contribution in [1.29, 1.82) is 0 Å². The molecule has 1 aromatic carbocycles. The van der Waals surface area contributed by atoms with Gasteiger partial charge in [0.25, 0.3) is 0 Å². The molecule has 0 fully saturated rings. The van der Waals surface area contributed by atoms with E-state index in [4.69, 9.17) is 0 Å². The maximum Gasteiger partial charge on any atom is 0.0356 e. The lowest BCUT2D eigenvalue weighted by Crippen LogP contribution is -1.80. The minimum absolute atomic E-state index is 1.38. The zero-order valence-electron chi connectivity index (χ0n) is 7.02. The molecule has 0 N–H and O–H groups in total. The van der Waals surface area contributed by atoms with Gasteiger partial charge in [-0.1, -0.05) is 6.07 Å². The summed E-state index contributed by atoms with van der Waals surface area (Å²) in [7, 11) is 0. The molecule has 2 heteroatoms. The Morgan fingerprint density at radius 3 is 2.67 bits per heavy atom. The van der Waals surface area contributed by atoms with Crippen molar-refractivity contribution in [2.24, 2.45) is 0 Å². The highest BCUT2D eigenvalue weighted by Crippen LogP contribution is 2.31. The fourth-order valence-electron chi connectivity index (χ4n) is 1.34. The van der Waals surface area contributed by atoms with Gasteiger partial charge in [-0.05, 0) is 59.0 Å². The van der Waals surface area contributed by atoms with Crippen LogP contribution < -0.4 is 0 Å². The number of thiophene rings is 1. The van der Waals surface area contributed by atoms with E-state index in [9.17, 15) is 0 Å². The van der Waals surface area contributed by atoms with E-state index in [1.54, 1.807) is 0 Å². The first kappa shape index (κ1) is 8.51. The summed E-state index contributed by atoms with van der Waals surface area (Å²) in [6.45, 7) is 4.35. The second kappa shape index (κ2) is 3.00. The first-order chi connectivity index (χ1) is 5.70.